The Morgan fingerprint density at radius 3 is 2.67 bits per heavy atom. The average molecular weight is 554 g/mol. The number of hydrogen-bond acceptors (Lipinski definition) is 10. The summed E-state index contributed by atoms with van der Waals surface area (Å²) >= 11 is 6.41. The van der Waals surface area contributed by atoms with E-state index in [9.17, 15) is 14.9 Å². The van der Waals surface area contributed by atoms with Crippen LogP contribution in [-0.4, -0.2) is 49.7 Å². The van der Waals surface area contributed by atoms with Crippen LogP contribution in [0.4, 0.5) is 22.4 Å². The zero-order valence-corrected chi connectivity index (χ0v) is 23.1. The van der Waals surface area contributed by atoms with Crippen molar-refractivity contribution < 1.29 is 9.53 Å². The molecule has 1 saturated carbocycles. The Labute approximate surface area is 230 Å². The summed E-state index contributed by atoms with van der Waals surface area (Å²) in [5.74, 6) is 0.660. The van der Waals surface area contributed by atoms with Crippen molar-refractivity contribution in [1.29, 1.82) is 5.26 Å². The highest BCUT2D eigenvalue weighted by Crippen LogP contribution is 2.43. The van der Waals surface area contributed by atoms with Crippen molar-refractivity contribution in [3.8, 4) is 6.07 Å². The number of nitriles is 1. The third-order valence-corrected chi connectivity index (χ3v) is 6.59. The molecule has 1 aliphatic carbocycles. The minimum atomic E-state index is -0.617. The second kappa shape index (κ2) is 10.9. The molecule has 12 nitrogen and oxygen atoms in total. The molecule has 1 fully saturated rings. The van der Waals surface area contributed by atoms with E-state index in [1.807, 2.05) is 6.07 Å². The number of nitrogen functional groups attached to an aromatic ring is 2. The predicted octanol–water partition coefficient (Wildman–Crippen LogP) is 3.70. The molecule has 0 spiro atoms. The second-order valence-corrected chi connectivity index (χ2v) is 11.0. The van der Waals surface area contributed by atoms with Gasteiger partial charge in [0.2, 0.25) is 5.95 Å². The van der Waals surface area contributed by atoms with Crippen LogP contribution in [0, 0.1) is 17.2 Å². The maximum absolute atomic E-state index is 13.8. The number of carbonyl (C=O) groups excluding carboxylic acids is 1. The van der Waals surface area contributed by atoms with Gasteiger partial charge in [-0.05, 0) is 58.1 Å². The molecule has 1 amide bonds. The molecule has 1 aromatic carbocycles. The van der Waals surface area contributed by atoms with Gasteiger partial charge in [0.25, 0.3) is 5.56 Å². The van der Waals surface area contributed by atoms with Gasteiger partial charge in [-0.2, -0.15) is 15.2 Å². The summed E-state index contributed by atoms with van der Waals surface area (Å²) in [5.41, 5.74) is 11.3. The fourth-order valence-electron chi connectivity index (χ4n) is 4.27. The first-order valence-electron chi connectivity index (χ1n) is 12.6. The van der Waals surface area contributed by atoms with Crippen LogP contribution < -0.4 is 22.3 Å². The van der Waals surface area contributed by atoms with Crippen LogP contribution in [0.15, 0.2) is 23.0 Å². The minimum Gasteiger partial charge on any atom is -0.444 e. The molecule has 2 aromatic heterocycles. The fraction of sp³-hybridized carbons (Fsp3) is 0.462. The number of ether oxygens (including phenoxy) is 1. The zero-order valence-electron chi connectivity index (χ0n) is 22.4. The number of nitrogens with one attached hydrogen (secondary N) is 1. The number of aromatic nitrogens is 4. The van der Waals surface area contributed by atoms with Crippen LogP contribution in [-0.2, 0) is 11.3 Å². The lowest BCUT2D eigenvalue weighted by molar-refractivity contribution is 0.0295. The topological polar surface area (TPSA) is 178 Å². The van der Waals surface area contributed by atoms with Crippen molar-refractivity contribution in [2.24, 2.45) is 5.92 Å². The highest BCUT2D eigenvalue weighted by atomic mass is 35.5. The van der Waals surface area contributed by atoms with E-state index < -0.39 is 17.7 Å². The summed E-state index contributed by atoms with van der Waals surface area (Å²) in [6, 6.07) is 6.67. The number of fused-ring (bicyclic) bond motifs is 1. The van der Waals surface area contributed by atoms with E-state index in [-0.39, 0.29) is 41.2 Å². The maximum Gasteiger partial charge on any atom is 0.410 e. The predicted molar refractivity (Wildman–Crippen MR) is 149 cm³/mol. The van der Waals surface area contributed by atoms with E-state index in [0.717, 1.165) is 12.8 Å². The number of hydrogen-bond donors (Lipinski definition) is 3. The molecule has 0 bridgehead atoms. The average Bonchev–Trinajstić information content (AvgIpc) is 3.67. The first-order chi connectivity index (χ1) is 18.4. The van der Waals surface area contributed by atoms with E-state index >= 15 is 0 Å². The lowest BCUT2D eigenvalue weighted by Crippen LogP contribution is -2.36. The highest BCUT2D eigenvalue weighted by Gasteiger charge is 2.37. The summed E-state index contributed by atoms with van der Waals surface area (Å²) in [6.07, 6.45) is 1.78. The van der Waals surface area contributed by atoms with Gasteiger partial charge in [-0.15, -0.1) is 0 Å². The molecule has 0 aliphatic heterocycles. The standard InChI is InChI=1S/C26H32ClN9O3/c1-26(2,3)39-25(38)35(4)11-6-12-36-22(31-17-8-5-7-16(27)18(17)23(36)37)19(14-9-10-14)32-21-15(13-28)20(29)33-24(30)34-21/h5,7-8,14,19H,6,9-12H2,1-4H3,(H5,29,30,32,33,34)/t19-/m0/s1. The summed E-state index contributed by atoms with van der Waals surface area (Å²) in [7, 11) is 1.65. The normalized spacial score (nSPS) is 14.1. The molecule has 206 valence electrons. The SMILES string of the molecule is CN(CCCn1c([C@@H](Nc2nc(N)nc(N)c2C#N)C2CC2)nc2cccc(Cl)c2c1=O)C(=O)OC(C)(C)C. The number of halogens is 1. The first kappa shape index (κ1) is 27.9. The molecule has 2 heterocycles. The lowest BCUT2D eigenvalue weighted by atomic mass is 10.1. The van der Waals surface area contributed by atoms with E-state index in [1.54, 1.807) is 50.6 Å². The van der Waals surface area contributed by atoms with Gasteiger partial charge in [-0.25, -0.2) is 9.78 Å². The third-order valence-electron chi connectivity index (χ3n) is 6.27. The Morgan fingerprint density at radius 2 is 2.03 bits per heavy atom. The van der Waals surface area contributed by atoms with E-state index in [1.165, 1.54) is 4.90 Å². The van der Waals surface area contributed by atoms with Crippen LogP contribution in [0.5, 0.6) is 0 Å². The molecule has 5 N–H and O–H groups in total. The fourth-order valence-corrected chi connectivity index (χ4v) is 4.52. The molecule has 0 saturated heterocycles. The van der Waals surface area contributed by atoms with E-state index in [0.29, 0.717) is 34.7 Å². The van der Waals surface area contributed by atoms with Crippen molar-refractivity contribution in [2.75, 3.05) is 30.4 Å². The lowest BCUT2D eigenvalue weighted by Gasteiger charge is -2.26. The second-order valence-electron chi connectivity index (χ2n) is 10.6. The van der Waals surface area contributed by atoms with Gasteiger partial charge >= 0.3 is 6.09 Å². The van der Waals surface area contributed by atoms with Gasteiger partial charge < -0.3 is 26.4 Å². The van der Waals surface area contributed by atoms with Gasteiger partial charge in [-0.1, -0.05) is 17.7 Å². The van der Waals surface area contributed by atoms with Gasteiger partial charge in [-0.3, -0.25) is 9.36 Å². The maximum atomic E-state index is 13.8. The van der Waals surface area contributed by atoms with E-state index in [2.05, 4.69) is 15.3 Å². The van der Waals surface area contributed by atoms with Crippen molar-refractivity contribution >= 4 is 46.2 Å². The third kappa shape index (κ3) is 6.31. The molecule has 3 aromatic rings. The molecule has 0 radical (unpaired) electrons. The molecule has 1 aliphatic rings. The van der Waals surface area contributed by atoms with Crippen LogP contribution in [0.1, 0.15) is 57.5 Å². The number of carbonyl (C=O) groups is 1. The Bertz CT molecular complexity index is 1510. The van der Waals surface area contributed by atoms with Crippen molar-refractivity contribution in [1.82, 2.24) is 24.4 Å². The molecular weight excluding hydrogens is 522 g/mol. The molecular formula is C26H32ClN9O3. The number of nitrogens with two attached hydrogens (primary N) is 2. The van der Waals surface area contributed by atoms with Crippen molar-refractivity contribution in [2.45, 2.75) is 58.2 Å². The number of benzene rings is 1. The first-order valence-corrected chi connectivity index (χ1v) is 13.0. The summed E-state index contributed by atoms with van der Waals surface area (Å²) < 4.78 is 7.00. The smallest absolute Gasteiger partial charge is 0.410 e. The van der Waals surface area contributed by atoms with Gasteiger partial charge in [0, 0.05) is 20.1 Å². The Balaban J connectivity index is 1.72. The summed E-state index contributed by atoms with van der Waals surface area (Å²) in [4.78, 5) is 40.6. The highest BCUT2D eigenvalue weighted by molar-refractivity contribution is 6.35. The van der Waals surface area contributed by atoms with Gasteiger partial charge in [0.15, 0.2) is 5.82 Å². The molecule has 1 atom stereocenters. The molecule has 4 rings (SSSR count). The van der Waals surface area contributed by atoms with Gasteiger partial charge in [0.1, 0.15) is 28.9 Å². The Morgan fingerprint density at radius 1 is 1.31 bits per heavy atom. The van der Waals surface area contributed by atoms with Gasteiger partial charge in [0.05, 0.1) is 22.0 Å². The molecule has 0 unspecified atom stereocenters. The van der Waals surface area contributed by atoms with Crippen molar-refractivity contribution in [3.63, 3.8) is 0 Å². The van der Waals surface area contributed by atoms with Crippen LogP contribution in [0.3, 0.4) is 0 Å². The molecule has 13 heteroatoms. The quantitative estimate of drug-likeness (QED) is 0.372. The molecule has 39 heavy (non-hydrogen) atoms. The number of amides is 1. The number of nitrogens with zero attached hydrogens (tertiary/aromatic N) is 6. The summed E-state index contributed by atoms with van der Waals surface area (Å²) in [6.45, 7) is 6.02. The minimum absolute atomic E-state index is 0.0390. The van der Waals surface area contributed by atoms with Crippen LogP contribution in [0.25, 0.3) is 10.9 Å². The van der Waals surface area contributed by atoms with Crippen LogP contribution in [0.2, 0.25) is 5.02 Å². The van der Waals surface area contributed by atoms with Crippen LogP contribution >= 0.6 is 11.6 Å². The summed E-state index contributed by atoms with van der Waals surface area (Å²) in [5, 5.41) is 13.6. The van der Waals surface area contributed by atoms with E-state index in [4.69, 9.17) is 32.8 Å². The Kier molecular flexibility index (Phi) is 7.83. The monoisotopic (exact) mass is 553 g/mol. The van der Waals surface area contributed by atoms with Crippen molar-refractivity contribution in [3.05, 3.63) is 45.0 Å². The zero-order chi connectivity index (χ0) is 28.5. The number of anilines is 3. The number of rotatable bonds is 8. The Hall–Kier alpha value is -4.11. The largest absolute Gasteiger partial charge is 0.444 e.